The van der Waals surface area contributed by atoms with Gasteiger partial charge in [0.25, 0.3) is 0 Å². The van der Waals surface area contributed by atoms with Crippen LogP contribution in [-0.4, -0.2) is 23.6 Å². The topological polar surface area (TPSA) is 12.0 Å². The van der Waals surface area contributed by atoms with Gasteiger partial charge in [-0.05, 0) is 56.7 Å². The molecule has 0 spiro atoms. The van der Waals surface area contributed by atoms with Crippen LogP contribution in [0.25, 0.3) is 0 Å². The maximum Gasteiger partial charge on any atom is 0.0256 e. The van der Waals surface area contributed by atoms with Crippen molar-refractivity contribution in [2.24, 2.45) is 11.8 Å². The van der Waals surface area contributed by atoms with E-state index in [1.807, 2.05) is 0 Å². The van der Waals surface area contributed by atoms with Crippen LogP contribution in [0.5, 0.6) is 0 Å². The monoisotopic (exact) mass is 241 g/mol. The van der Waals surface area contributed by atoms with Gasteiger partial charge >= 0.3 is 0 Å². The predicted octanol–water partition coefficient (Wildman–Crippen LogP) is 3.69. The molecule has 1 unspecified atom stereocenters. The molecule has 0 amide bonds. The van der Waals surface area contributed by atoms with Crippen molar-refractivity contribution in [3.8, 4) is 0 Å². The summed E-state index contributed by atoms with van der Waals surface area (Å²) < 4.78 is 0.544. The minimum Gasteiger partial charge on any atom is -0.315 e. The fourth-order valence-corrected chi connectivity index (χ4v) is 4.32. The molecule has 1 nitrogen and oxygen atoms in total. The number of nitrogens with one attached hydrogen (secondary N) is 1. The zero-order valence-electron chi connectivity index (χ0n) is 10.9. The number of hydrogen-bond acceptors (Lipinski definition) is 2. The lowest BCUT2D eigenvalue weighted by Crippen LogP contribution is -2.36. The first kappa shape index (κ1) is 12.8. The first-order valence-corrected chi connectivity index (χ1v) is 8.01. The average molecular weight is 241 g/mol. The van der Waals surface area contributed by atoms with E-state index in [4.69, 9.17) is 0 Å². The van der Waals surface area contributed by atoms with Gasteiger partial charge in [0.15, 0.2) is 0 Å². The molecule has 94 valence electrons. The van der Waals surface area contributed by atoms with Gasteiger partial charge in [0.2, 0.25) is 0 Å². The van der Waals surface area contributed by atoms with Crippen LogP contribution in [0, 0.1) is 11.8 Å². The molecule has 0 bridgehead atoms. The highest BCUT2D eigenvalue weighted by Crippen LogP contribution is 2.37. The van der Waals surface area contributed by atoms with Crippen molar-refractivity contribution in [1.29, 1.82) is 0 Å². The van der Waals surface area contributed by atoms with Crippen LogP contribution in [0.2, 0.25) is 0 Å². The zero-order valence-corrected chi connectivity index (χ0v) is 11.7. The molecule has 1 saturated carbocycles. The molecular formula is C14H27NS. The highest BCUT2D eigenvalue weighted by atomic mass is 32.2. The van der Waals surface area contributed by atoms with Crippen LogP contribution in [0.15, 0.2) is 0 Å². The molecule has 1 atom stereocenters. The molecular weight excluding hydrogens is 214 g/mol. The predicted molar refractivity (Wildman–Crippen MR) is 74.1 cm³/mol. The Morgan fingerprint density at radius 1 is 1.25 bits per heavy atom. The Hall–Kier alpha value is 0.310. The highest BCUT2D eigenvalue weighted by molar-refractivity contribution is 8.00. The van der Waals surface area contributed by atoms with Crippen LogP contribution < -0.4 is 5.32 Å². The summed E-state index contributed by atoms with van der Waals surface area (Å²) in [6.45, 7) is 7.33. The van der Waals surface area contributed by atoms with Crippen molar-refractivity contribution < 1.29 is 0 Å². The van der Waals surface area contributed by atoms with Crippen LogP contribution in [0.3, 0.4) is 0 Å². The third-order valence-electron chi connectivity index (χ3n) is 4.37. The Kier molecular flexibility index (Phi) is 4.60. The van der Waals surface area contributed by atoms with Crippen molar-refractivity contribution in [3.05, 3.63) is 0 Å². The summed E-state index contributed by atoms with van der Waals surface area (Å²) in [5.74, 6) is 3.32. The summed E-state index contributed by atoms with van der Waals surface area (Å²) in [7, 11) is 0. The van der Waals surface area contributed by atoms with E-state index in [0.29, 0.717) is 4.75 Å². The van der Waals surface area contributed by atoms with Crippen LogP contribution in [0.4, 0.5) is 0 Å². The van der Waals surface area contributed by atoms with Crippen molar-refractivity contribution in [3.63, 3.8) is 0 Å². The van der Waals surface area contributed by atoms with Gasteiger partial charge in [0, 0.05) is 11.3 Å². The molecule has 0 aromatic carbocycles. The van der Waals surface area contributed by atoms with Crippen molar-refractivity contribution >= 4 is 11.8 Å². The Labute approximate surface area is 105 Å². The van der Waals surface area contributed by atoms with Crippen molar-refractivity contribution in [2.45, 2.75) is 57.1 Å². The van der Waals surface area contributed by atoms with E-state index in [0.717, 1.165) is 11.8 Å². The molecule has 2 aliphatic rings. The lowest BCUT2D eigenvalue weighted by atomic mass is 9.83. The smallest absolute Gasteiger partial charge is 0.0256 e. The summed E-state index contributed by atoms with van der Waals surface area (Å²) in [4.78, 5) is 0. The second kappa shape index (κ2) is 5.77. The Morgan fingerprint density at radius 3 is 2.62 bits per heavy atom. The standard InChI is InChI=1S/C14H27NS/c1-12-4-6-13(7-5-12)10-15-11-14(2)8-3-9-16-14/h12-13,15H,3-11H2,1-2H3. The largest absolute Gasteiger partial charge is 0.315 e. The van der Waals surface area contributed by atoms with E-state index in [9.17, 15) is 0 Å². The molecule has 0 aromatic rings. The van der Waals surface area contributed by atoms with E-state index in [-0.39, 0.29) is 0 Å². The quantitative estimate of drug-likeness (QED) is 0.805. The van der Waals surface area contributed by atoms with Crippen LogP contribution in [0.1, 0.15) is 52.4 Å². The second-order valence-corrected chi connectivity index (χ2v) is 7.84. The van der Waals surface area contributed by atoms with E-state index in [1.165, 1.54) is 57.4 Å². The van der Waals surface area contributed by atoms with Gasteiger partial charge in [-0.2, -0.15) is 11.8 Å². The third-order valence-corrected chi connectivity index (χ3v) is 5.91. The molecule has 1 heterocycles. The van der Waals surface area contributed by atoms with Gasteiger partial charge in [0.05, 0.1) is 0 Å². The van der Waals surface area contributed by atoms with Crippen molar-refractivity contribution in [2.75, 3.05) is 18.8 Å². The van der Waals surface area contributed by atoms with Gasteiger partial charge in [-0.25, -0.2) is 0 Å². The first-order chi connectivity index (χ1) is 7.68. The van der Waals surface area contributed by atoms with Gasteiger partial charge in [-0.3, -0.25) is 0 Å². The summed E-state index contributed by atoms with van der Waals surface area (Å²) in [5.41, 5.74) is 0. The summed E-state index contributed by atoms with van der Waals surface area (Å²) >= 11 is 2.17. The van der Waals surface area contributed by atoms with Gasteiger partial charge < -0.3 is 5.32 Å². The molecule has 1 aliphatic carbocycles. The summed E-state index contributed by atoms with van der Waals surface area (Å²) in [6, 6.07) is 0. The number of thioether (sulfide) groups is 1. The molecule has 1 aliphatic heterocycles. The maximum absolute atomic E-state index is 3.73. The Bertz CT molecular complexity index is 203. The molecule has 2 rings (SSSR count). The van der Waals surface area contributed by atoms with Crippen LogP contribution in [-0.2, 0) is 0 Å². The average Bonchev–Trinajstić information content (AvgIpc) is 2.69. The fraction of sp³-hybridized carbons (Fsp3) is 1.00. The molecule has 0 radical (unpaired) electrons. The molecule has 2 fully saturated rings. The first-order valence-electron chi connectivity index (χ1n) is 7.03. The van der Waals surface area contributed by atoms with Crippen LogP contribution >= 0.6 is 11.8 Å². The second-order valence-electron chi connectivity index (χ2n) is 6.16. The van der Waals surface area contributed by atoms with Gasteiger partial charge in [0.1, 0.15) is 0 Å². The number of rotatable bonds is 4. The maximum atomic E-state index is 3.73. The molecule has 1 saturated heterocycles. The van der Waals surface area contributed by atoms with Gasteiger partial charge in [-0.15, -0.1) is 0 Å². The molecule has 2 heteroatoms. The van der Waals surface area contributed by atoms with Gasteiger partial charge in [-0.1, -0.05) is 19.8 Å². The minimum atomic E-state index is 0.544. The van der Waals surface area contributed by atoms with E-state index in [1.54, 1.807) is 0 Å². The Balaban J connectivity index is 1.61. The SMILES string of the molecule is CC1CCC(CNCC2(C)CCCS2)CC1. The third kappa shape index (κ3) is 3.66. The van der Waals surface area contributed by atoms with E-state index >= 15 is 0 Å². The molecule has 0 aromatic heterocycles. The van der Waals surface area contributed by atoms with Crippen molar-refractivity contribution in [1.82, 2.24) is 5.32 Å². The lowest BCUT2D eigenvalue weighted by Gasteiger charge is -2.28. The van der Waals surface area contributed by atoms with E-state index in [2.05, 4.69) is 30.9 Å². The number of hydrogen-bond donors (Lipinski definition) is 1. The van der Waals surface area contributed by atoms with E-state index < -0.39 is 0 Å². The summed E-state index contributed by atoms with van der Waals surface area (Å²) in [6.07, 6.45) is 8.66. The minimum absolute atomic E-state index is 0.544. The zero-order chi connectivity index (χ0) is 11.4. The Morgan fingerprint density at radius 2 is 2.00 bits per heavy atom. The lowest BCUT2D eigenvalue weighted by molar-refractivity contribution is 0.279. The fourth-order valence-electron chi connectivity index (χ4n) is 3.05. The molecule has 16 heavy (non-hydrogen) atoms. The summed E-state index contributed by atoms with van der Waals surface area (Å²) in [5, 5.41) is 3.73. The normalized spacial score (nSPS) is 40.1. The highest BCUT2D eigenvalue weighted by Gasteiger charge is 2.29. The molecule has 1 N–H and O–H groups in total.